The van der Waals surface area contributed by atoms with Crippen molar-refractivity contribution in [2.45, 2.75) is 17.5 Å². The summed E-state index contributed by atoms with van der Waals surface area (Å²) in [6, 6.07) is 3.00. The van der Waals surface area contributed by atoms with E-state index in [0.29, 0.717) is 12.1 Å². The summed E-state index contributed by atoms with van der Waals surface area (Å²) in [6.07, 6.45) is -5.25. The molecule has 0 aromatic heterocycles. The number of hydrogen-bond acceptors (Lipinski definition) is 3. The van der Waals surface area contributed by atoms with Crippen molar-refractivity contribution in [2.75, 3.05) is 0 Å². The Hall–Kier alpha value is -1.68. The molecule has 0 unspecified atom stereocenters. The Balaban J connectivity index is 3.40. The van der Waals surface area contributed by atoms with Crippen molar-refractivity contribution in [3.05, 3.63) is 28.8 Å². The van der Waals surface area contributed by atoms with Crippen molar-refractivity contribution in [2.24, 2.45) is 0 Å². The number of thiol groups is 1. The molecule has 0 saturated heterocycles. The topological polar surface area (TPSA) is 61.1 Å². The highest BCUT2D eigenvalue weighted by molar-refractivity contribution is 7.80. The first-order chi connectivity index (χ1) is 7.75. The molecule has 0 aliphatic heterocycles. The van der Waals surface area contributed by atoms with E-state index in [1.54, 1.807) is 6.07 Å². The van der Waals surface area contributed by atoms with Crippen LogP contribution in [-0.4, -0.2) is 11.1 Å². The SMILES string of the molecule is N#Cc1c(S)cc(C(F)(F)F)cc1CC(=O)O. The highest BCUT2D eigenvalue weighted by Gasteiger charge is 2.32. The molecule has 1 aromatic rings. The molecule has 0 aliphatic rings. The Labute approximate surface area is 99.9 Å². The molecule has 90 valence electrons. The molecule has 1 N–H and O–H groups in total. The van der Waals surface area contributed by atoms with Crippen molar-refractivity contribution >= 4 is 18.6 Å². The minimum atomic E-state index is -4.60. The van der Waals surface area contributed by atoms with Gasteiger partial charge in [-0.25, -0.2) is 0 Å². The molecular formula is C10H6F3NO2S. The molecule has 0 spiro atoms. The van der Waals surface area contributed by atoms with Gasteiger partial charge in [0.1, 0.15) is 6.07 Å². The van der Waals surface area contributed by atoms with Crippen molar-refractivity contribution in [3.8, 4) is 6.07 Å². The average molecular weight is 261 g/mol. The number of aliphatic carboxylic acids is 1. The van der Waals surface area contributed by atoms with E-state index < -0.39 is 24.1 Å². The Kier molecular flexibility index (Phi) is 3.68. The van der Waals surface area contributed by atoms with E-state index in [0.717, 1.165) is 0 Å². The van der Waals surface area contributed by atoms with E-state index >= 15 is 0 Å². The summed E-state index contributed by atoms with van der Waals surface area (Å²) in [5.74, 6) is -1.31. The fourth-order valence-electron chi connectivity index (χ4n) is 1.28. The second-order valence-corrected chi connectivity index (χ2v) is 3.69. The van der Waals surface area contributed by atoms with Gasteiger partial charge in [-0.1, -0.05) is 0 Å². The minimum Gasteiger partial charge on any atom is -0.481 e. The van der Waals surface area contributed by atoms with Crippen LogP contribution in [0.25, 0.3) is 0 Å². The molecule has 1 aromatic carbocycles. The van der Waals surface area contributed by atoms with Gasteiger partial charge in [-0.15, -0.1) is 12.6 Å². The molecule has 3 nitrogen and oxygen atoms in total. The maximum atomic E-state index is 12.5. The number of benzene rings is 1. The third-order valence-corrected chi connectivity index (χ3v) is 2.33. The van der Waals surface area contributed by atoms with Gasteiger partial charge in [0.05, 0.1) is 17.5 Å². The molecule has 0 bridgehead atoms. The van der Waals surface area contributed by atoms with E-state index in [-0.39, 0.29) is 16.0 Å². The smallest absolute Gasteiger partial charge is 0.416 e. The van der Waals surface area contributed by atoms with Crippen LogP contribution >= 0.6 is 12.6 Å². The third kappa shape index (κ3) is 3.14. The van der Waals surface area contributed by atoms with Gasteiger partial charge in [-0.3, -0.25) is 4.79 Å². The number of alkyl halides is 3. The Morgan fingerprint density at radius 2 is 2.06 bits per heavy atom. The number of carboxylic acid groups (broad SMARTS) is 1. The van der Waals surface area contributed by atoms with Gasteiger partial charge in [-0.05, 0) is 17.7 Å². The standard InChI is InChI=1S/C10H6F3NO2S/c11-10(12,13)6-1-5(2-9(15)16)7(4-14)8(17)3-6/h1,3,17H,2H2,(H,15,16). The first-order valence-electron chi connectivity index (χ1n) is 4.30. The zero-order valence-electron chi connectivity index (χ0n) is 8.25. The van der Waals surface area contributed by atoms with E-state index in [1.165, 1.54) is 0 Å². The Morgan fingerprint density at radius 3 is 2.47 bits per heavy atom. The van der Waals surface area contributed by atoms with Crippen LogP contribution in [0.2, 0.25) is 0 Å². The second-order valence-electron chi connectivity index (χ2n) is 3.21. The highest BCUT2D eigenvalue weighted by atomic mass is 32.1. The Morgan fingerprint density at radius 1 is 1.47 bits per heavy atom. The zero-order valence-corrected chi connectivity index (χ0v) is 9.14. The molecule has 0 heterocycles. The first kappa shape index (κ1) is 13.4. The highest BCUT2D eigenvalue weighted by Crippen LogP contribution is 2.33. The lowest BCUT2D eigenvalue weighted by molar-refractivity contribution is -0.139. The summed E-state index contributed by atoms with van der Waals surface area (Å²) in [4.78, 5) is 10.3. The van der Waals surface area contributed by atoms with E-state index in [2.05, 4.69) is 12.6 Å². The summed E-state index contributed by atoms with van der Waals surface area (Å²) in [5, 5.41) is 17.3. The summed E-state index contributed by atoms with van der Waals surface area (Å²) < 4.78 is 37.4. The largest absolute Gasteiger partial charge is 0.481 e. The predicted molar refractivity (Wildman–Crippen MR) is 54.8 cm³/mol. The van der Waals surface area contributed by atoms with Crippen LogP contribution in [0.5, 0.6) is 0 Å². The molecule has 17 heavy (non-hydrogen) atoms. The molecule has 7 heteroatoms. The van der Waals surface area contributed by atoms with Crippen LogP contribution in [0.4, 0.5) is 13.2 Å². The number of rotatable bonds is 2. The van der Waals surface area contributed by atoms with Gasteiger partial charge in [0.25, 0.3) is 0 Å². The number of hydrogen-bond donors (Lipinski definition) is 2. The lowest BCUT2D eigenvalue weighted by Crippen LogP contribution is -2.09. The molecule has 0 aliphatic carbocycles. The minimum absolute atomic E-state index is 0.149. The number of nitriles is 1. The molecule has 0 atom stereocenters. The lowest BCUT2D eigenvalue weighted by Gasteiger charge is -2.11. The van der Waals surface area contributed by atoms with Gasteiger partial charge >= 0.3 is 12.1 Å². The molecule has 0 amide bonds. The van der Waals surface area contributed by atoms with Gasteiger partial charge in [0, 0.05) is 4.90 Å². The normalized spacial score (nSPS) is 11.0. The van der Waals surface area contributed by atoms with Crippen molar-refractivity contribution in [3.63, 3.8) is 0 Å². The molecule has 0 fully saturated rings. The second kappa shape index (κ2) is 4.67. The van der Waals surface area contributed by atoms with Gasteiger partial charge in [0.15, 0.2) is 0 Å². The number of carboxylic acids is 1. The van der Waals surface area contributed by atoms with Crippen LogP contribution in [0, 0.1) is 11.3 Å². The summed E-state index contributed by atoms with van der Waals surface area (Å²) in [5.41, 5.74) is -1.36. The summed E-state index contributed by atoms with van der Waals surface area (Å²) in [6.45, 7) is 0. The van der Waals surface area contributed by atoms with Gasteiger partial charge in [0.2, 0.25) is 0 Å². The average Bonchev–Trinajstić information content (AvgIpc) is 2.14. The third-order valence-electron chi connectivity index (χ3n) is 1.98. The maximum absolute atomic E-state index is 12.5. The fraction of sp³-hybridized carbons (Fsp3) is 0.200. The van der Waals surface area contributed by atoms with Crippen LogP contribution in [0.1, 0.15) is 16.7 Å². The quantitative estimate of drug-likeness (QED) is 0.804. The lowest BCUT2D eigenvalue weighted by atomic mass is 10.0. The maximum Gasteiger partial charge on any atom is 0.416 e. The molecular weight excluding hydrogens is 255 g/mol. The van der Waals surface area contributed by atoms with Crippen LogP contribution in [0.15, 0.2) is 17.0 Å². The van der Waals surface area contributed by atoms with Crippen molar-refractivity contribution in [1.29, 1.82) is 5.26 Å². The van der Waals surface area contributed by atoms with E-state index in [9.17, 15) is 18.0 Å². The van der Waals surface area contributed by atoms with E-state index in [4.69, 9.17) is 10.4 Å². The summed E-state index contributed by atoms with van der Waals surface area (Å²) in [7, 11) is 0. The molecule has 0 saturated carbocycles. The van der Waals surface area contributed by atoms with Crippen LogP contribution < -0.4 is 0 Å². The number of nitrogens with zero attached hydrogens (tertiary/aromatic N) is 1. The Bertz CT molecular complexity index is 505. The van der Waals surface area contributed by atoms with E-state index in [1.807, 2.05) is 0 Å². The van der Waals surface area contributed by atoms with Crippen molar-refractivity contribution < 1.29 is 23.1 Å². The first-order valence-corrected chi connectivity index (χ1v) is 4.75. The van der Waals surface area contributed by atoms with Gasteiger partial charge < -0.3 is 5.11 Å². The molecule has 0 radical (unpaired) electrons. The summed E-state index contributed by atoms with van der Waals surface area (Å²) >= 11 is 3.76. The monoisotopic (exact) mass is 261 g/mol. The zero-order chi connectivity index (χ0) is 13.2. The number of carbonyl (C=O) groups is 1. The van der Waals surface area contributed by atoms with Crippen LogP contribution in [-0.2, 0) is 17.4 Å². The fourth-order valence-corrected chi connectivity index (χ4v) is 1.61. The molecule has 1 rings (SSSR count). The predicted octanol–water partition coefficient (Wildman–Crippen LogP) is 2.49. The number of halogens is 3. The van der Waals surface area contributed by atoms with Gasteiger partial charge in [-0.2, -0.15) is 18.4 Å². The van der Waals surface area contributed by atoms with Crippen LogP contribution in [0.3, 0.4) is 0 Å². The van der Waals surface area contributed by atoms with Crippen molar-refractivity contribution in [1.82, 2.24) is 0 Å².